The zero-order valence-electron chi connectivity index (χ0n) is 15.6. The third-order valence-corrected chi connectivity index (χ3v) is 5.84. The van der Waals surface area contributed by atoms with Crippen molar-refractivity contribution >= 4 is 28.4 Å². The average molecular weight is 412 g/mol. The van der Waals surface area contributed by atoms with Gasteiger partial charge in [0.15, 0.2) is 22.4 Å². The molecule has 0 saturated carbocycles. The smallest absolute Gasteiger partial charge is 0.262 e. The Balaban J connectivity index is 1.63. The number of para-hydroxylation sites is 1. The van der Waals surface area contributed by atoms with Crippen LogP contribution in [0.25, 0.3) is 10.9 Å². The molecule has 0 bridgehead atoms. The normalized spacial score (nSPS) is 16.3. The number of aromatic nitrogens is 2. The third kappa shape index (κ3) is 4.13. The zero-order chi connectivity index (χ0) is 20.4. The first-order valence-corrected chi connectivity index (χ1v) is 10.3. The van der Waals surface area contributed by atoms with Gasteiger partial charge in [-0.25, -0.2) is 4.98 Å². The maximum Gasteiger partial charge on any atom is 0.262 e. The lowest BCUT2D eigenvalue weighted by atomic mass is 10.1. The van der Waals surface area contributed by atoms with Crippen LogP contribution in [0.5, 0.6) is 11.5 Å². The molecule has 1 aliphatic rings. The van der Waals surface area contributed by atoms with Gasteiger partial charge in [0.05, 0.1) is 29.3 Å². The highest BCUT2D eigenvalue weighted by Gasteiger charge is 2.21. The number of carbonyl (C=O) groups is 1. The van der Waals surface area contributed by atoms with E-state index in [0.717, 1.165) is 12.8 Å². The Kier molecular flexibility index (Phi) is 5.55. The molecule has 4 rings (SSSR count). The summed E-state index contributed by atoms with van der Waals surface area (Å²) in [5, 5.41) is 20.0. The van der Waals surface area contributed by atoms with E-state index in [1.54, 1.807) is 22.8 Å². The number of carbonyl (C=O) groups excluding carboxylic acids is 1. The molecule has 8 heteroatoms. The molecule has 2 heterocycles. The first-order chi connectivity index (χ1) is 14.0. The predicted octanol–water partition coefficient (Wildman–Crippen LogP) is 2.96. The number of aromatic hydroxyl groups is 2. The van der Waals surface area contributed by atoms with Crippen molar-refractivity contribution in [3.63, 3.8) is 0 Å². The molecule has 1 fully saturated rings. The van der Waals surface area contributed by atoms with Gasteiger partial charge in [-0.1, -0.05) is 23.9 Å². The fourth-order valence-electron chi connectivity index (χ4n) is 3.32. The van der Waals surface area contributed by atoms with Gasteiger partial charge in [0.1, 0.15) is 0 Å². The number of thioether (sulfide) groups is 1. The number of phenolic OH excluding ortho intramolecular Hbond substituents is 2. The summed E-state index contributed by atoms with van der Waals surface area (Å²) in [7, 11) is 0. The molecule has 0 aliphatic carbocycles. The van der Waals surface area contributed by atoms with Crippen molar-refractivity contribution in [3.8, 4) is 11.5 Å². The second kappa shape index (κ2) is 8.26. The average Bonchev–Trinajstić information content (AvgIpc) is 3.24. The Bertz CT molecular complexity index is 1120. The van der Waals surface area contributed by atoms with Crippen LogP contribution in [0, 0.1) is 0 Å². The molecule has 29 heavy (non-hydrogen) atoms. The van der Waals surface area contributed by atoms with Crippen molar-refractivity contribution in [2.75, 3.05) is 12.4 Å². The monoisotopic (exact) mass is 412 g/mol. The Morgan fingerprint density at radius 2 is 2.03 bits per heavy atom. The van der Waals surface area contributed by atoms with Crippen LogP contribution in [0.4, 0.5) is 0 Å². The largest absolute Gasteiger partial charge is 0.504 e. The van der Waals surface area contributed by atoms with Crippen LogP contribution in [-0.2, 0) is 11.3 Å². The second-order valence-electron chi connectivity index (χ2n) is 6.88. The lowest BCUT2D eigenvalue weighted by molar-refractivity contribution is 0.0937. The van der Waals surface area contributed by atoms with Crippen LogP contribution < -0.4 is 5.56 Å². The first-order valence-electron chi connectivity index (χ1n) is 9.32. The molecule has 150 valence electrons. The molecule has 7 nitrogen and oxygen atoms in total. The predicted molar refractivity (Wildman–Crippen MR) is 110 cm³/mol. The van der Waals surface area contributed by atoms with E-state index in [2.05, 4.69) is 4.98 Å². The van der Waals surface area contributed by atoms with Crippen molar-refractivity contribution in [1.29, 1.82) is 0 Å². The Morgan fingerprint density at radius 3 is 2.79 bits per heavy atom. The molecular formula is C21H20N2O5S. The summed E-state index contributed by atoms with van der Waals surface area (Å²) in [5.41, 5.74) is 0.711. The van der Waals surface area contributed by atoms with Crippen molar-refractivity contribution in [2.24, 2.45) is 0 Å². The Hall–Kier alpha value is -2.84. The van der Waals surface area contributed by atoms with Crippen molar-refractivity contribution in [3.05, 3.63) is 58.4 Å². The SMILES string of the molecule is O=C(CSc1nc2ccccc2c(=O)n1C[C@@H]1CCCO1)c1ccc(O)c(O)c1. The summed E-state index contributed by atoms with van der Waals surface area (Å²) in [6.07, 6.45) is 1.81. The molecule has 1 aromatic heterocycles. The van der Waals surface area contributed by atoms with E-state index in [-0.39, 0.29) is 40.3 Å². The van der Waals surface area contributed by atoms with E-state index in [0.29, 0.717) is 29.2 Å². The van der Waals surface area contributed by atoms with Gasteiger partial charge >= 0.3 is 0 Å². The summed E-state index contributed by atoms with van der Waals surface area (Å²) in [4.78, 5) is 30.2. The standard InChI is InChI=1S/C21H20N2O5S/c24-17-8-7-13(10-18(17)25)19(26)12-29-21-22-16-6-2-1-5-15(16)20(27)23(21)11-14-4-3-9-28-14/h1-2,5-8,10,14,24-25H,3-4,9,11-12H2/t14-/m0/s1. The summed E-state index contributed by atoms with van der Waals surface area (Å²) in [5.74, 6) is -0.826. The number of nitrogens with zero attached hydrogens (tertiary/aromatic N) is 2. The molecular weight excluding hydrogens is 392 g/mol. The molecule has 1 aliphatic heterocycles. The minimum absolute atomic E-state index is 0.0419. The van der Waals surface area contributed by atoms with E-state index in [9.17, 15) is 19.8 Å². The minimum atomic E-state index is -0.347. The quantitative estimate of drug-likeness (QED) is 0.278. The van der Waals surface area contributed by atoms with Crippen LogP contribution in [0.1, 0.15) is 23.2 Å². The van der Waals surface area contributed by atoms with Crippen molar-refractivity contribution < 1.29 is 19.7 Å². The highest BCUT2D eigenvalue weighted by molar-refractivity contribution is 7.99. The fourth-order valence-corrected chi connectivity index (χ4v) is 4.22. The molecule has 1 atom stereocenters. The Morgan fingerprint density at radius 1 is 1.21 bits per heavy atom. The number of benzene rings is 2. The molecule has 1 saturated heterocycles. The minimum Gasteiger partial charge on any atom is -0.504 e. The van der Waals surface area contributed by atoms with Crippen molar-refractivity contribution in [1.82, 2.24) is 9.55 Å². The van der Waals surface area contributed by atoms with E-state index in [1.807, 2.05) is 6.07 Å². The number of hydrogen-bond donors (Lipinski definition) is 2. The molecule has 3 aromatic rings. The van der Waals surface area contributed by atoms with Gasteiger partial charge in [-0.05, 0) is 43.2 Å². The van der Waals surface area contributed by atoms with Gasteiger partial charge in [-0.15, -0.1) is 0 Å². The summed E-state index contributed by atoms with van der Waals surface area (Å²) in [6, 6.07) is 11.1. The summed E-state index contributed by atoms with van der Waals surface area (Å²) >= 11 is 1.18. The highest BCUT2D eigenvalue weighted by Crippen LogP contribution is 2.27. The number of fused-ring (bicyclic) bond motifs is 1. The van der Waals surface area contributed by atoms with Gasteiger partial charge < -0.3 is 14.9 Å². The van der Waals surface area contributed by atoms with Gasteiger partial charge in [-0.2, -0.15) is 0 Å². The molecule has 2 aromatic carbocycles. The zero-order valence-corrected chi connectivity index (χ0v) is 16.4. The molecule has 0 radical (unpaired) electrons. The maximum atomic E-state index is 13.0. The first kappa shape index (κ1) is 19.5. The number of ketones is 1. The summed E-state index contributed by atoms with van der Waals surface area (Å²) in [6.45, 7) is 1.08. The summed E-state index contributed by atoms with van der Waals surface area (Å²) < 4.78 is 7.27. The Labute approximate surface area is 171 Å². The van der Waals surface area contributed by atoms with E-state index in [4.69, 9.17) is 4.74 Å². The number of rotatable bonds is 6. The van der Waals surface area contributed by atoms with E-state index < -0.39 is 0 Å². The van der Waals surface area contributed by atoms with Crippen LogP contribution in [0.15, 0.2) is 52.4 Å². The van der Waals surface area contributed by atoms with Gasteiger partial charge in [-0.3, -0.25) is 14.2 Å². The van der Waals surface area contributed by atoms with E-state index in [1.165, 1.54) is 30.0 Å². The number of hydrogen-bond acceptors (Lipinski definition) is 7. The van der Waals surface area contributed by atoms with Gasteiger partial charge in [0.25, 0.3) is 5.56 Å². The number of phenols is 2. The molecule has 0 amide bonds. The lowest BCUT2D eigenvalue weighted by Crippen LogP contribution is -2.29. The molecule has 0 spiro atoms. The van der Waals surface area contributed by atoms with Gasteiger partial charge in [0.2, 0.25) is 0 Å². The molecule has 2 N–H and O–H groups in total. The fraction of sp³-hybridized carbons (Fsp3) is 0.286. The van der Waals surface area contributed by atoms with E-state index >= 15 is 0 Å². The number of ether oxygens (including phenoxy) is 1. The van der Waals surface area contributed by atoms with Crippen molar-refractivity contribution in [2.45, 2.75) is 30.6 Å². The topological polar surface area (TPSA) is 102 Å². The van der Waals surface area contributed by atoms with Gasteiger partial charge in [0, 0.05) is 12.2 Å². The van der Waals surface area contributed by atoms with Crippen LogP contribution >= 0.6 is 11.8 Å². The van der Waals surface area contributed by atoms with Crippen LogP contribution in [0.2, 0.25) is 0 Å². The molecule has 0 unspecified atom stereocenters. The lowest BCUT2D eigenvalue weighted by Gasteiger charge is -2.16. The van der Waals surface area contributed by atoms with Crippen LogP contribution in [-0.4, -0.2) is 44.0 Å². The highest BCUT2D eigenvalue weighted by atomic mass is 32.2. The number of Topliss-reactive ketones (excluding diaryl/α,β-unsaturated/α-hetero) is 1. The second-order valence-corrected chi connectivity index (χ2v) is 7.82. The van der Waals surface area contributed by atoms with Crippen LogP contribution in [0.3, 0.4) is 0 Å². The third-order valence-electron chi connectivity index (χ3n) is 4.87. The maximum absolute atomic E-state index is 13.0.